The molecule has 34 heavy (non-hydrogen) atoms. The quantitative estimate of drug-likeness (QED) is 0.138. The molecule has 2 fully saturated rings. The van der Waals surface area contributed by atoms with Gasteiger partial charge in [-0.1, -0.05) is 0 Å². The first-order valence-electron chi connectivity index (χ1n) is 10.5. The number of rotatable bonds is 9. The van der Waals surface area contributed by atoms with Crippen LogP contribution in [0.2, 0.25) is 0 Å². The van der Waals surface area contributed by atoms with Crippen LogP contribution >= 0.6 is 0 Å². The van der Waals surface area contributed by atoms with Gasteiger partial charge in [0.2, 0.25) is 0 Å². The Morgan fingerprint density at radius 2 is 0.735 bits per heavy atom. The molecule has 0 aromatic carbocycles. The Morgan fingerprint density at radius 3 is 1.00 bits per heavy atom. The molecule has 0 amide bonds. The fraction of sp³-hybridized carbons (Fsp3) is 1.00. The van der Waals surface area contributed by atoms with Crippen LogP contribution in [0.5, 0.6) is 0 Å². The SMILES string of the molecule is OC[C@H]1OC(C(O)[C@@H](O)[C@H](O)[C@H](O)[C@@H](O)C(O)C2O[C@H](CO)[C@@H](O)[C@H](O)[C@H]2O)[C@H](O)[C@@H](O)[C@@H]1O. The van der Waals surface area contributed by atoms with Crippen molar-refractivity contribution >= 4 is 0 Å². The van der Waals surface area contributed by atoms with Crippen molar-refractivity contribution in [2.24, 2.45) is 0 Å². The van der Waals surface area contributed by atoms with E-state index in [4.69, 9.17) is 9.47 Å². The molecule has 2 saturated heterocycles. The summed E-state index contributed by atoms with van der Waals surface area (Å²) in [6, 6.07) is 0. The Hall–Kier alpha value is -0.640. The van der Waals surface area contributed by atoms with Gasteiger partial charge in [0.25, 0.3) is 0 Å². The summed E-state index contributed by atoms with van der Waals surface area (Å²) in [6.45, 7) is -1.70. The van der Waals surface area contributed by atoms with Gasteiger partial charge in [-0.25, -0.2) is 0 Å². The third-order valence-corrected chi connectivity index (χ3v) is 6.28. The van der Waals surface area contributed by atoms with Crippen molar-refractivity contribution in [3.05, 3.63) is 0 Å². The van der Waals surface area contributed by atoms with E-state index in [2.05, 4.69) is 0 Å². The van der Waals surface area contributed by atoms with Gasteiger partial charge >= 0.3 is 0 Å². The molecule has 16 atom stereocenters. The second kappa shape index (κ2) is 12.1. The monoisotopic (exact) mass is 506 g/mol. The predicted octanol–water partition coefficient (Wildman–Crippen LogP) is -9.16. The Bertz CT molecular complexity index is 571. The van der Waals surface area contributed by atoms with Crippen LogP contribution in [0.15, 0.2) is 0 Å². The molecule has 4 unspecified atom stereocenters. The summed E-state index contributed by atoms with van der Waals surface area (Å²) in [5.41, 5.74) is 0. The zero-order valence-corrected chi connectivity index (χ0v) is 17.7. The van der Waals surface area contributed by atoms with Crippen LogP contribution < -0.4 is 0 Å². The Balaban J connectivity index is 2.10. The third kappa shape index (κ3) is 5.68. The number of hydrogen-bond acceptors (Lipinski definition) is 16. The van der Waals surface area contributed by atoms with Crippen LogP contribution in [0, 0.1) is 0 Å². The molecule has 0 aromatic heterocycles. The lowest BCUT2D eigenvalue weighted by molar-refractivity contribution is -0.272. The third-order valence-electron chi connectivity index (χ3n) is 6.28. The average molecular weight is 506 g/mol. The second-order valence-corrected chi connectivity index (χ2v) is 8.53. The highest BCUT2D eigenvalue weighted by Crippen LogP contribution is 2.28. The number of hydrogen-bond donors (Lipinski definition) is 14. The molecule has 202 valence electrons. The summed E-state index contributed by atoms with van der Waals surface area (Å²) in [6.07, 6.45) is -32.2. The molecule has 2 rings (SSSR count). The normalized spacial score (nSPS) is 44.6. The van der Waals surface area contributed by atoms with Gasteiger partial charge in [0.1, 0.15) is 97.7 Å². The van der Waals surface area contributed by atoms with Crippen molar-refractivity contribution in [1.82, 2.24) is 0 Å². The smallest absolute Gasteiger partial charge is 0.115 e. The van der Waals surface area contributed by atoms with Crippen molar-refractivity contribution in [2.45, 2.75) is 97.7 Å². The minimum atomic E-state index is -2.45. The molecule has 0 radical (unpaired) electrons. The minimum absolute atomic E-state index is 0.848. The molecular formula is C18H34O16. The summed E-state index contributed by atoms with van der Waals surface area (Å²) in [4.78, 5) is 0. The zero-order chi connectivity index (χ0) is 26.1. The fourth-order valence-electron chi connectivity index (χ4n) is 4.02. The second-order valence-electron chi connectivity index (χ2n) is 8.53. The molecule has 0 bridgehead atoms. The lowest BCUT2D eigenvalue weighted by Crippen LogP contribution is -2.66. The molecule has 2 aliphatic heterocycles. The lowest BCUT2D eigenvalue weighted by Gasteiger charge is -2.44. The van der Waals surface area contributed by atoms with Gasteiger partial charge in [-0.3, -0.25) is 0 Å². The highest BCUT2D eigenvalue weighted by molar-refractivity contribution is 5.01. The van der Waals surface area contributed by atoms with E-state index in [9.17, 15) is 71.5 Å². The van der Waals surface area contributed by atoms with Crippen molar-refractivity contribution in [2.75, 3.05) is 13.2 Å². The highest BCUT2D eigenvalue weighted by Gasteiger charge is 2.52. The summed E-state index contributed by atoms with van der Waals surface area (Å²) < 4.78 is 10.1. The van der Waals surface area contributed by atoms with Gasteiger partial charge in [-0.05, 0) is 0 Å². The number of aliphatic hydroxyl groups excluding tert-OH is 14. The number of ether oxygens (including phenoxy) is 2. The van der Waals surface area contributed by atoms with Crippen molar-refractivity contribution in [3.63, 3.8) is 0 Å². The first-order valence-corrected chi connectivity index (χ1v) is 10.5. The molecule has 16 nitrogen and oxygen atoms in total. The summed E-state index contributed by atoms with van der Waals surface area (Å²) in [5.74, 6) is 0. The maximum absolute atomic E-state index is 10.3. The van der Waals surface area contributed by atoms with Crippen molar-refractivity contribution in [1.29, 1.82) is 0 Å². The van der Waals surface area contributed by atoms with E-state index in [0.717, 1.165) is 0 Å². The van der Waals surface area contributed by atoms with Crippen molar-refractivity contribution in [3.8, 4) is 0 Å². The predicted molar refractivity (Wildman–Crippen MR) is 104 cm³/mol. The molecule has 16 heteroatoms. The van der Waals surface area contributed by atoms with Crippen LogP contribution in [-0.2, 0) is 9.47 Å². The lowest BCUT2D eigenvalue weighted by atomic mass is 9.85. The summed E-state index contributed by atoms with van der Waals surface area (Å²) in [5, 5.41) is 139. The zero-order valence-electron chi connectivity index (χ0n) is 17.7. The molecule has 0 spiro atoms. The minimum Gasteiger partial charge on any atom is -0.394 e. The van der Waals surface area contributed by atoms with Gasteiger partial charge in [0, 0.05) is 0 Å². The van der Waals surface area contributed by atoms with E-state index in [0.29, 0.717) is 0 Å². The molecular weight excluding hydrogens is 472 g/mol. The molecule has 0 aliphatic carbocycles. The van der Waals surface area contributed by atoms with E-state index < -0.39 is 111 Å². The Morgan fingerprint density at radius 1 is 0.441 bits per heavy atom. The Labute approximate surface area is 192 Å². The maximum Gasteiger partial charge on any atom is 0.115 e. The first-order chi connectivity index (χ1) is 15.8. The van der Waals surface area contributed by atoms with Gasteiger partial charge < -0.3 is 81.0 Å². The maximum atomic E-state index is 10.3. The van der Waals surface area contributed by atoms with Crippen LogP contribution in [0.1, 0.15) is 0 Å². The van der Waals surface area contributed by atoms with Gasteiger partial charge in [-0.2, -0.15) is 0 Å². The number of aliphatic hydroxyl groups is 14. The topological polar surface area (TPSA) is 302 Å². The fourth-order valence-corrected chi connectivity index (χ4v) is 4.02. The van der Waals surface area contributed by atoms with E-state index in [1.54, 1.807) is 0 Å². The molecule has 2 aliphatic rings. The van der Waals surface area contributed by atoms with Gasteiger partial charge in [0.05, 0.1) is 13.2 Å². The van der Waals surface area contributed by atoms with E-state index in [1.807, 2.05) is 0 Å². The average Bonchev–Trinajstić information content (AvgIpc) is 2.83. The van der Waals surface area contributed by atoms with Crippen LogP contribution in [0.25, 0.3) is 0 Å². The van der Waals surface area contributed by atoms with Gasteiger partial charge in [0.15, 0.2) is 0 Å². The first kappa shape index (κ1) is 29.6. The summed E-state index contributed by atoms with van der Waals surface area (Å²) >= 11 is 0. The molecule has 14 N–H and O–H groups in total. The molecule has 0 aromatic rings. The molecule has 0 saturated carbocycles. The van der Waals surface area contributed by atoms with E-state index in [1.165, 1.54) is 0 Å². The van der Waals surface area contributed by atoms with Crippen LogP contribution in [0.4, 0.5) is 0 Å². The van der Waals surface area contributed by atoms with E-state index >= 15 is 0 Å². The van der Waals surface area contributed by atoms with Crippen molar-refractivity contribution < 1.29 is 81.0 Å². The van der Waals surface area contributed by atoms with E-state index in [-0.39, 0.29) is 0 Å². The Kier molecular flexibility index (Phi) is 10.5. The molecule has 2 heterocycles. The highest BCUT2D eigenvalue weighted by atomic mass is 16.6. The van der Waals surface area contributed by atoms with Crippen LogP contribution in [0.3, 0.4) is 0 Å². The largest absolute Gasteiger partial charge is 0.394 e. The standard InChI is InChI=1S/C18H34O16/c19-1-3-5(21)7(23)13(29)17(33-3)15(31)11(27)9(25)10(26)12(28)16(32)18-14(30)8(24)6(22)4(2-20)34-18/h3-32H,1-2H2/t3-,4-,5-,6-,7+,8+,9-,10+,11+,12-,13-,14-,15?,16?,17?,18?/m1/s1. The summed E-state index contributed by atoms with van der Waals surface area (Å²) in [7, 11) is 0. The van der Waals surface area contributed by atoms with Crippen LogP contribution in [-0.4, -0.2) is 182 Å². The van der Waals surface area contributed by atoms with Gasteiger partial charge in [-0.15, -0.1) is 0 Å².